The van der Waals surface area contributed by atoms with Crippen molar-refractivity contribution in [1.82, 2.24) is 30.7 Å². The van der Waals surface area contributed by atoms with Gasteiger partial charge in [-0.25, -0.2) is 14.4 Å². The molecule has 3 heterocycles. The first-order chi connectivity index (χ1) is 33.1. The summed E-state index contributed by atoms with van der Waals surface area (Å²) in [5.41, 5.74) is -1.63. The maximum atomic E-state index is 12.6. The molecule has 3 atom stereocenters. The lowest BCUT2D eigenvalue weighted by molar-refractivity contribution is -0.138. The molecule has 3 aromatic rings. The molecule has 3 saturated heterocycles. The largest absolute Gasteiger partial charge is 0.444 e. The molecule has 23 heteroatoms. The predicted molar refractivity (Wildman–Crippen MR) is 255 cm³/mol. The van der Waals surface area contributed by atoms with E-state index in [0.29, 0.717) is 75.6 Å². The summed E-state index contributed by atoms with van der Waals surface area (Å²) in [6.07, 6.45) is -12.9. The Morgan fingerprint density at radius 1 is 0.444 bits per heavy atom. The van der Waals surface area contributed by atoms with Crippen molar-refractivity contribution in [3.8, 4) is 0 Å². The summed E-state index contributed by atoms with van der Waals surface area (Å²) in [6, 6.07) is 14.4. The van der Waals surface area contributed by atoms with Crippen molar-refractivity contribution in [2.24, 2.45) is 0 Å². The molecule has 6 rings (SSSR count). The number of carbonyl (C=O) groups is 3. The fourth-order valence-electron chi connectivity index (χ4n) is 7.11. The monoisotopic (exact) mass is 1060 g/mol. The second kappa shape index (κ2) is 25.8. The van der Waals surface area contributed by atoms with Gasteiger partial charge >= 0.3 is 36.8 Å². The van der Waals surface area contributed by atoms with Gasteiger partial charge in [-0.3, -0.25) is 0 Å². The van der Waals surface area contributed by atoms with E-state index in [9.17, 15) is 57.8 Å². The predicted octanol–water partition coefficient (Wildman–Crippen LogP) is 12.0. The van der Waals surface area contributed by atoms with E-state index in [0.717, 1.165) is 36.4 Å². The van der Waals surface area contributed by atoms with E-state index in [-0.39, 0.29) is 30.3 Å². The van der Waals surface area contributed by atoms with E-state index >= 15 is 0 Å². The lowest BCUT2D eigenvalue weighted by atomic mass is 10.0. The van der Waals surface area contributed by atoms with Crippen molar-refractivity contribution in [3.63, 3.8) is 0 Å². The molecular weight excluding hydrogens is 991 g/mol. The molecule has 72 heavy (non-hydrogen) atoms. The van der Waals surface area contributed by atoms with E-state index in [4.69, 9.17) is 14.2 Å². The molecule has 0 aliphatic carbocycles. The molecule has 0 saturated carbocycles. The van der Waals surface area contributed by atoms with E-state index in [1.54, 1.807) is 77.0 Å². The topological polar surface area (TPSA) is 125 Å². The molecule has 1 unspecified atom stereocenters. The van der Waals surface area contributed by atoms with Crippen LogP contribution in [0.4, 0.5) is 57.8 Å². The Hall–Kier alpha value is -5.00. The van der Waals surface area contributed by atoms with Crippen molar-refractivity contribution in [1.29, 1.82) is 0 Å². The highest BCUT2D eigenvalue weighted by Gasteiger charge is 2.35. The van der Waals surface area contributed by atoms with E-state index in [1.807, 2.05) is 0 Å². The van der Waals surface area contributed by atoms with Crippen LogP contribution in [-0.4, -0.2) is 115 Å². The van der Waals surface area contributed by atoms with Gasteiger partial charge in [0.2, 0.25) is 0 Å². The van der Waals surface area contributed by atoms with Crippen LogP contribution in [0.15, 0.2) is 72.8 Å². The number of nitrogens with one attached hydrogen (secondary N) is 3. The van der Waals surface area contributed by atoms with Crippen LogP contribution in [0.2, 0.25) is 0 Å². The van der Waals surface area contributed by atoms with Crippen LogP contribution >= 0.6 is 12.1 Å². The van der Waals surface area contributed by atoms with Crippen LogP contribution in [0, 0.1) is 0 Å². The third kappa shape index (κ3) is 21.2. The molecule has 3 amide bonds. The van der Waals surface area contributed by atoms with E-state index < -0.39 is 70.3 Å². The highest BCUT2D eigenvalue weighted by atomic mass is 32.2. The zero-order valence-corrected chi connectivity index (χ0v) is 42.8. The van der Waals surface area contributed by atoms with Gasteiger partial charge in [-0.05, 0) is 115 Å². The number of alkyl halides is 9. The maximum Gasteiger partial charge on any atom is 0.416 e. The van der Waals surface area contributed by atoms with Crippen molar-refractivity contribution in [2.45, 2.75) is 116 Å². The Morgan fingerprint density at radius 2 is 0.639 bits per heavy atom. The van der Waals surface area contributed by atoms with Gasteiger partial charge < -0.3 is 44.9 Å². The van der Waals surface area contributed by atoms with Gasteiger partial charge in [0.05, 0.1) is 34.8 Å². The first kappa shape index (κ1) is 61.3. The quantitative estimate of drug-likeness (QED) is 0.172. The third-order valence-electron chi connectivity index (χ3n) is 10.4. The van der Waals surface area contributed by atoms with Gasteiger partial charge in [0.15, 0.2) is 0 Å². The van der Waals surface area contributed by atoms with Gasteiger partial charge in [-0.1, -0.05) is 36.4 Å². The minimum Gasteiger partial charge on any atom is -0.444 e. The average Bonchev–Trinajstić information content (AvgIpc) is 3.27. The third-order valence-corrected chi connectivity index (χ3v) is 10.4. The summed E-state index contributed by atoms with van der Waals surface area (Å²) in [7, 11) is 0. The Balaban J connectivity index is 0.000000277. The number of piperazine rings is 3. The van der Waals surface area contributed by atoms with Crippen molar-refractivity contribution in [3.05, 3.63) is 106 Å². The van der Waals surface area contributed by atoms with Crippen LogP contribution in [0.3, 0.4) is 0 Å². The maximum absolute atomic E-state index is 12.6. The molecule has 3 fully saturated rings. The van der Waals surface area contributed by atoms with Gasteiger partial charge in [0.25, 0.3) is 0 Å². The first-order valence-corrected chi connectivity index (χ1v) is 24.0. The Morgan fingerprint density at radius 3 is 0.806 bits per heavy atom. The van der Waals surface area contributed by atoms with Gasteiger partial charge in [0.1, 0.15) is 16.8 Å². The van der Waals surface area contributed by atoms with Crippen LogP contribution in [0.1, 0.15) is 114 Å². The molecule has 3 N–H and O–H groups in total. The number of carbonyl (C=O) groups excluding carboxylic acids is 3. The molecule has 3 aromatic carbocycles. The average molecular weight is 1060 g/mol. The fourth-order valence-corrected chi connectivity index (χ4v) is 7.11. The molecule has 0 radical (unpaired) electrons. The van der Waals surface area contributed by atoms with Gasteiger partial charge in [-0.15, -0.1) is 0 Å². The first-order valence-electron chi connectivity index (χ1n) is 22.9. The SMILES string of the molecule is CC(C)(C)OC(=O)N1CCNC(c2ccc(C(F)(F)F)cc2)C1.CC(C)(C)OC(=O)N1CCN[C@@H](c2ccc(C(F)(F)F)cc2)C1.CC(C)(C)OC(=O)N1CCN[C@H](c2ccc(C(F)(F)F)cc2)C1.CSF. The molecule has 0 spiro atoms. The fraction of sp³-hybridized carbons (Fsp3) is 0.571. The molecule has 0 aromatic heterocycles. The minimum absolute atomic E-state index is 0.210. The van der Waals surface area contributed by atoms with Crippen molar-refractivity contribution >= 4 is 30.4 Å². The number of ether oxygens (including phenoxy) is 3. The molecule has 3 aliphatic heterocycles. The molecular formula is C49H66F10N6O6S. The summed E-state index contributed by atoms with van der Waals surface area (Å²) in [4.78, 5) is 41.0. The molecule has 0 bridgehead atoms. The second-order valence-corrected chi connectivity index (χ2v) is 20.1. The van der Waals surface area contributed by atoms with Gasteiger partial charge in [-0.2, -0.15) is 43.4 Å². The van der Waals surface area contributed by atoms with Crippen molar-refractivity contribution < 1.29 is 72.0 Å². The standard InChI is InChI=1S/3C16H21F3N2O2.CH3FS/c3*1-15(2,3)23-14(22)21-9-8-20-13(10-21)11-4-6-12(7-5-11)16(17,18)19;1-3-2/h3*4-7,13,20H,8-10H2,1-3H3;1H3/t2*13-;;/m10../s1. The Labute approximate surface area is 419 Å². The van der Waals surface area contributed by atoms with E-state index in [2.05, 4.69) is 16.0 Å². The lowest BCUT2D eigenvalue weighted by Gasteiger charge is -2.35. The van der Waals surface area contributed by atoms with E-state index in [1.165, 1.54) is 42.7 Å². The summed E-state index contributed by atoms with van der Waals surface area (Å²) in [5, 5.41) is 9.63. The summed E-state index contributed by atoms with van der Waals surface area (Å²) in [6.45, 7) is 20.4. The van der Waals surface area contributed by atoms with Crippen LogP contribution in [0.25, 0.3) is 0 Å². The highest BCUT2D eigenvalue weighted by molar-refractivity contribution is 7.93. The number of amides is 3. The number of hydrogen-bond acceptors (Lipinski definition) is 10. The number of benzene rings is 3. The molecule has 404 valence electrons. The van der Waals surface area contributed by atoms with Crippen LogP contribution in [-0.2, 0) is 32.7 Å². The van der Waals surface area contributed by atoms with Crippen molar-refractivity contribution in [2.75, 3.05) is 65.2 Å². The number of halogens is 10. The zero-order chi connectivity index (χ0) is 54.5. The number of nitrogens with zero attached hydrogens (tertiary/aromatic N) is 3. The molecule has 3 aliphatic rings. The Kier molecular flexibility index (Phi) is 22.0. The summed E-state index contributed by atoms with van der Waals surface area (Å²) in [5.74, 6) is 0. The number of rotatable bonds is 3. The van der Waals surface area contributed by atoms with Crippen LogP contribution < -0.4 is 16.0 Å². The Bertz CT molecular complexity index is 1920. The smallest absolute Gasteiger partial charge is 0.416 e. The normalized spacial score (nSPS) is 19.0. The zero-order valence-electron chi connectivity index (χ0n) is 42.0. The number of hydrogen-bond donors (Lipinski definition) is 3. The summed E-state index contributed by atoms with van der Waals surface area (Å²) >= 11 is 0.250. The van der Waals surface area contributed by atoms with Gasteiger partial charge in [0, 0.05) is 77.3 Å². The lowest BCUT2D eigenvalue weighted by Crippen LogP contribution is -2.49. The second-order valence-electron chi connectivity index (χ2n) is 19.8. The minimum atomic E-state index is -4.35. The molecule has 12 nitrogen and oxygen atoms in total. The highest BCUT2D eigenvalue weighted by Crippen LogP contribution is 2.33. The summed E-state index contributed by atoms with van der Waals surface area (Å²) < 4.78 is 140. The van der Waals surface area contributed by atoms with Crippen LogP contribution in [0.5, 0.6) is 0 Å².